The molecule has 1 aliphatic heterocycles. The van der Waals surface area contributed by atoms with Crippen molar-refractivity contribution in [2.24, 2.45) is 5.92 Å². The Morgan fingerprint density at radius 3 is 2.80 bits per heavy atom. The lowest BCUT2D eigenvalue weighted by Gasteiger charge is -2.30. The predicted octanol–water partition coefficient (Wildman–Crippen LogP) is 1.73. The molecule has 0 aromatic heterocycles. The summed E-state index contributed by atoms with van der Waals surface area (Å²) in [5, 5.41) is 3.21. The maximum Gasteiger partial charge on any atom is 0.241 e. The van der Waals surface area contributed by atoms with Gasteiger partial charge in [-0.2, -0.15) is 0 Å². The van der Waals surface area contributed by atoms with E-state index < -0.39 is 10.0 Å². The maximum atomic E-state index is 12.5. The highest BCUT2D eigenvalue weighted by atomic mass is 79.9. The first-order valence-electron chi connectivity index (χ1n) is 6.50. The van der Waals surface area contributed by atoms with Crippen molar-refractivity contribution in [1.82, 2.24) is 10.0 Å². The zero-order chi connectivity index (χ0) is 14.8. The average Bonchev–Trinajstić information content (AvgIpc) is 2.40. The summed E-state index contributed by atoms with van der Waals surface area (Å²) in [6.45, 7) is 3.66. The molecule has 1 heterocycles. The molecule has 0 spiro atoms. The van der Waals surface area contributed by atoms with E-state index in [1.54, 1.807) is 25.3 Å². The predicted molar refractivity (Wildman–Crippen MR) is 81.5 cm³/mol. The van der Waals surface area contributed by atoms with Gasteiger partial charge in [0.2, 0.25) is 10.0 Å². The first kappa shape index (κ1) is 15.8. The summed E-state index contributed by atoms with van der Waals surface area (Å²) >= 11 is 3.29. The number of hydrogen-bond acceptors (Lipinski definition) is 4. The van der Waals surface area contributed by atoms with Gasteiger partial charge in [-0.05, 0) is 53.0 Å². The van der Waals surface area contributed by atoms with E-state index in [1.165, 1.54) is 0 Å². The lowest BCUT2D eigenvalue weighted by atomic mass is 9.96. The molecule has 2 atom stereocenters. The first-order valence-corrected chi connectivity index (χ1v) is 8.78. The molecule has 112 valence electrons. The molecule has 2 N–H and O–H groups in total. The SMILES string of the molecule is COc1ccc(S(=O)(=O)NC2CNCCC2C)c(Br)c1. The molecule has 0 radical (unpaired) electrons. The summed E-state index contributed by atoms with van der Waals surface area (Å²) in [4.78, 5) is 0.232. The lowest BCUT2D eigenvalue weighted by Crippen LogP contribution is -2.50. The lowest BCUT2D eigenvalue weighted by molar-refractivity contribution is 0.327. The molecule has 5 nitrogen and oxygen atoms in total. The van der Waals surface area contributed by atoms with Crippen molar-refractivity contribution in [3.8, 4) is 5.75 Å². The molecule has 20 heavy (non-hydrogen) atoms. The Balaban J connectivity index is 2.21. The molecule has 0 aliphatic carbocycles. The molecule has 1 fully saturated rings. The highest BCUT2D eigenvalue weighted by molar-refractivity contribution is 9.10. The van der Waals surface area contributed by atoms with E-state index in [0.29, 0.717) is 22.7 Å². The number of sulfonamides is 1. The van der Waals surface area contributed by atoms with Crippen LogP contribution in [0.1, 0.15) is 13.3 Å². The van der Waals surface area contributed by atoms with Crippen LogP contribution in [0.25, 0.3) is 0 Å². The molecule has 0 saturated carbocycles. The summed E-state index contributed by atoms with van der Waals surface area (Å²) in [5.41, 5.74) is 0. The monoisotopic (exact) mass is 362 g/mol. The fourth-order valence-corrected chi connectivity index (χ4v) is 4.64. The molecule has 1 aromatic rings. The third kappa shape index (κ3) is 3.52. The van der Waals surface area contributed by atoms with Gasteiger partial charge >= 0.3 is 0 Å². The Morgan fingerprint density at radius 2 is 2.20 bits per heavy atom. The second kappa shape index (κ2) is 6.43. The van der Waals surface area contributed by atoms with E-state index in [9.17, 15) is 8.42 Å². The van der Waals surface area contributed by atoms with Gasteiger partial charge in [0.05, 0.1) is 12.0 Å². The third-order valence-electron chi connectivity index (χ3n) is 3.56. The Hall–Kier alpha value is -0.630. The first-order chi connectivity index (χ1) is 9.44. The van der Waals surface area contributed by atoms with Crippen LogP contribution in [-0.4, -0.2) is 34.7 Å². The molecule has 0 amide bonds. The van der Waals surface area contributed by atoms with Gasteiger partial charge in [0.1, 0.15) is 5.75 Å². The van der Waals surface area contributed by atoms with Crippen molar-refractivity contribution in [1.29, 1.82) is 0 Å². The number of nitrogens with one attached hydrogen (secondary N) is 2. The minimum atomic E-state index is -3.54. The van der Waals surface area contributed by atoms with E-state index in [0.717, 1.165) is 13.0 Å². The normalized spacial score (nSPS) is 23.6. The molecular formula is C13H19BrN2O3S. The Labute approximate surface area is 128 Å². The van der Waals surface area contributed by atoms with Gasteiger partial charge in [-0.3, -0.25) is 0 Å². The quantitative estimate of drug-likeness (QED) is 0.855. The zero-order valence-electron chi connectivity index (χ0n) is 11.5. The fourth-order valence-electron chi connectivity index (χ4n) is 2.24. The molecule has 1 aromatic carbocycles. The van der Waals surface area contributed by atoms with Crippen LogP contribution in [0.5, 0.6) is 5.75 Å². The third-order valence-corrected chi connectivity index (χ3v) is 6.03. The number of rotatable bonds is 4. The standard InChI is InChI=1S/C13H19BrN2O3S/c1-9-5-6-15-8-12(9)16-20(17,18)13-4-3-10(19-2)7-11(13)14/h3-4,7,9,12,15-16H,5-6,8H2,1-2H3. The summed E-state index contributed by atoms with van der Waals surface area (Å²) in [5.74, 6) is 0.937. The minimum Gasteiger partial charge on any atom is -0.497 e. The van der Waals surface area contributed by atoms with E-state index in [-0.39, 0.29) is 10.9 Å². The van der Waals surface area contributed by atoms with Gasteiger partial charge in [0.15, 0.2) is 0 Å². The van der Waals surface area contributed by atoms with E-state index in [4.69, 9.17) is 4.74 Å². The average molecular weight is 363 g/mol. The van der Waals surface area contributed by atoms with Gasteiger partial charge in [0, 0.05) is 17.1 Å². The van der Waals surface area contributed by atoms with Crippen LogP contribution in [-0.2, 0) is 10.0 Å². The topological polar surface area (TPSA) is 67.4 Å². The van der Waals surface area contributed by atoms with Crippen LogP contribution in [0.4, 0.5) is 0 Å². The van der Waals surface area contributed by atoms with E-state index in [1.807, 2.05) is 0 Å². The van der Waals surface area contributed by atoms with Crippen molar-refractivity contribution in [3.63, 3.8) is 0 Å². The minimum absolute atomic E-state index is 0.0808. The Morgan fingerprint density at radius 1 is 1.45 bits per heavy atom. The fraction of sp³-hybridized carbons (Fsp3) is 0.538. The Kier molecular flexibility index (Phi) is 5.06. The summed E-state index contributed by atoms with van der Waals surface area (Å²) < 4.78 is 33.3. The smallest absolute Gasteiger partial charge is 0.241 e. The van der Waals surface area contributed by atoms with Crippen molar-refractivity contribution < 1.29 is 13.2 Å². The van der Waals surface area contributed by atoms with Gasteiger partial charge in [-0.15, -0.1) is 0 Å². The van der Waals surface area contributed by atoms with Crippen molar-refractivity contribution in [2.45, 2.75) is 24.3 Å². The zero-order valence-corrected chi connectivity index (χ0v) is 13.9. The molecule has 2 unspecified atom stereocenters. The highest BCUT2D eigenvalue weighted by Crippen LogP contribution is 2.27. The van der Waals surface area contributed by atoms with Gasteiger partial charge in [-0.25, -0.2) is 13.1 Å². The number of ether oxygens (including phenoxy) is 1. The molecular weight excluding hydrogens is 344 g/mol. The second-order valence-electron chi connectivity index (χ2n) is 4.99. The molecule has 0 bridgehead atoms. The number of halogens is 1. The van der Waals surface area contributed by atoms with Crippen LogP contribution in [0.15, 0.2) is 27.6 Å². The van der Waals surface area contributed by atoms with Gasteiger partial charge in [-0.1, -0.05) is 6.92 Å². The molecule has 7 heteroatoms. The highest BCUT2D eigenvalue weighted by Gasteiger charge is 2.27. The number of methoxy groups -OCH3 is 1. The second-order valence-corrected chi connectivity index (χ2v) is 7.53. The summed E-state index contributed by atoms with van der Waals surface area (Å²) in [6, 6.07) is 4.76. The van der Waals surface area contributed by atoms with Crippen LogP contribution < -0.4 is 14.8 Å². The van der Waals surface area contributed by atoms with E-state index >= 15 is 0 Å². The largest absolute Gasteiger partial charge is 0.497 e. The maximum absolute atomic E-state index is 12.5. The molecule has 1 saturated heterocycles. The van der Waals surface area contributed by atoms with Crippen LogP contribution in [0.2, 0.25) is 0 Å². The number of piperidine rings is 1. The number of benzene rings is 1. The summed E-state index contributed by atoms with van der Waals surface area (Å²) in [7, 11) is -2.00. The van der Waals surface area contributed by atoms with Gasteiger partial charge in [0.25, 0.3) is 0 Å². The van der Waals surface area contributed by atoms with Crippen LogP contribution >= 0.6 is 15.9 Å². The van der Waals surface area contributed by atoms with Crippen molar-refractivity contribution >= 4 is 26.0 Å². The molecule has 2 rings (SSSR count). The van der Waals surface area contributed by atoms with Crippen LogP contribution in [0, 0.1) is 5.92 Å². The molecule has 1 aliphatic rings. The van der Waals surface area contributed by atoms with Crippen molar-refractivity contribution in [3.05, 3.63) is 22.7 Å². The van der Waals surface area contributed by atoms with Crippen molar-refractivity contribution in [2.75, 3.05) is 20.2 Å². The summed E-state index contributed by atoms with van der Waals surface area (Å²) in [6.07, 6.45) is 0.969. The number of hydrogen-bond donors (Lipinski definition) is 2. The Bertz CT molecular complexity index is 577. The van der Waals surface area contributed by atoms with Crippen LogP contribution in [0.3, 0.4) is 0 Å². The van der Waals surface area contributed by atoms with E-state index in [2.05, 4.69) is 32.9 Å². The van der Waals surface area contributed by atoms with Gasteiger partial charge < -0.3 is 10.1 Å².